The maximum atomic E-state index is 13.1. The molecular formula is C14H20F3N3O2. The number of anilines is 2. The molecule has 0 saturated carbocycles. The van der Waals surface area contributed by atoms with E-state index in [2.05, 4.69) is 5.32 Å². The Labute approximate surface area is 127 Å². The zero-order valence-corrected chi connectivity index (χ0v) is 12.7. The number of aliphatic hydroxyl groups is 1. The summed E-state index contributed by atoms with van der Waals surface area (Å²) in [5, 5.41) is 11.1. The van der Waals surface area contributed by atoms with E-state index in [4.69, 9.17) is 5.11 Å². The van der Waals surface area contributed by atoms with Crippen molar-refractivity contribution in [2.24, 2.45) is 0 Å². The number of carbonyl (C=O) groups excluding carboxylic acids is 1. The summed E-state index contributed by atoms with van der Waals surface area (Å²) >= 11 is 0. The first-order valence-electron chi connectivity index (χ1n) is 6.76. The van der Waals surface area contributed by atoms with Crippen LogP contribution in [0.25, 0.3) is 0 Å². The van der Waals surface area contributed by atoms with Crippen molar-refractivity contribution in [2.45, 2.75) is 13.1 Å². The van der Waals surface area contributed by atoms with E-state index in [-0.39, 0.29) is 25.4 Å². The van der Waals surface area contributed by atoms with Crippen molar-refractivity contribution in [3.63, 3.8) is 0 Å². The SMILES string of the molecule is CCN(CCO)C(=O)Nc1ccc(N(C)C)cc1C(F)(F)F. The van der Waals surface area contributed by atoms with E-state index >= 15 is 0 Å². The second-order valence-corrected chi connectivity index (χ2v) is 4.86. The molecule has 0 atom stereocenters. The molecule has 0 bridgehead atoms. The lowest BCUT2D eigenvalue weighted by molar-refractivity contribution is -0.136. The summed E-state index contributed by atoms with van der Waals surface area (Å²) in [4.78, 5) is 14.7. The third kappa shape index (κ3) is 4.52. The Morgan fingerprint density at radius 1 is 1.32 bits per heavy atom. The number of urea groups is 1. The standard InChI is InChI=1S/C14H20F3N3O2/c1-4-20(7-8-21)13(22)18-12-6-5-10(19(2)3)9-11(12)14(15,16)17/h5-6,9,21H,4,7-8H2,1-3H3,(H,18,22). The van der Waals surface area contributed by atoms with Gasteiger partial charge in [-0.15, -0.1) is 0 Å². The number of amides is 2. The molecule has 0 heterocycles. The van der Waals surface area contributed by atoms with Gasteiger partial charge in [0.05, 0.1) is 17.9 Å². The number of aliphatic hydroxyl groups excluding tert-OH is 1. The van der Waals surface area contributed by atoms with E-state index in [0.717, 1.165) is 6.07 Å². The number of hydrogen-bond acceptors (Lipinski definition) is 3. The zero-order chi connectivity index (χ0) is 16.9. The van der Waals surface area contributed by atoms with Crippen molar-refractivity contribution in [2.75, 3.05) is 44.0 Å². The molecule has 0 spiro atoms. The number of benzene rings is 1. The Kier molecular flexibility index (Phi) is 6.04. The van der Waals surface area contributed by atoms with Crippen LogP contribution in [0.15, 0.2) is 18.2 Å². The lowest BCUT2D eigenvalue weighted by atomic mass is 10.1. The van der Waals surface area contributed by atoms with Gasteiger partial charge >= 0.3 is 12.2 Å². The topological polar surface area (TPSA) is 55.8 Å². The lowest BCUT2D eigenvalue weighted by Gasteiger charge is -2.23. The predicted molar refractivity (Wildman–Crippen MR) is 79.1 cm³/mol. The van der Waals surface area contributed by atoms with Gasteiger partial charge in [0.15, 0.2) is 0 Å². The fourth-order valence-corrected chi connectivity index (χ4v) is 1.87. The Morgan fingerprint density at radius 3 is 2.41 bits per heavy atom. The quantitative estimate of drug-likeness (QED) is 0.877. The summed E-state index contributed by atoms with van der Waals surface area (Å²) in [5.41, 5.74) is -0.834. The number of halogens is 3. The fourth-order valence-electron chi connectivity index (χ4n) is 1.87. The summed E-state index contributed by atoms with van der Waals surface area (Å²) < 4.78 is 39.4. The highest BCUT2D eigenvalue weighted by atomic mass is 19.4. The summed E-state index contributed by atoms with van der Waals surface area (Å²) in [5.74, 6) is 0. The molecular weight excluding hydrogens is 299 g/mol. The minimum Gasteiger partial charge on any atom is -0.395 e. The Morgan fingerprint density at radius 2 is 1.95 bits per heavy atom. The lowest BCUT2D eigenvalue weighted by Crippen LogP contribution is -2.37. The molecule has 0 aliphatic rings. The van der Waals surface area contributed by atoms with Crippen LogP contribution < -0.4 is 10.2 Å². The van der Waals surface area contributed by atoms with Crippen LogP contribution in [0.3, 0.4) is 0 Å². The summed E-state index contributed by atoms with van der Waals surface area (Å²) in [6.07, 6.45) is -4.58. The molecule has 1 aromatic rings. The number of carbonyl (C=O) groups is 1. The van der Waals surface area contributed by atoms with Gasteiger partial charge in [-0.1, -0.05) is 0 Å². The molecule has 2 N–H and O–H groups in total. The molecule has 5 nitrogen and oxygen atoms in total. The van der Waals surface area contributed by atoms with E-state index in [1.165, 1.54) is 17.0 Å². The first-order chi connectivity index (χ1) is 10.2. The first kappa shape index (κ1) is 18.1. The highest BCUT2D eigenvalue weighted by molar-refractivity contribution is 5.90. The summed E-state index contributed by atoms with van der Waals surface area (Å²) in [7, 11) is 3.27. The second-order valence-electron chi connectivity index (χ2n) is 4.86. The predicted octanol–water partition coefficient (Wildman–Crippen LogP) is 2.62. The average molecular weight is 319 g/mol. The Hall–Kier alpha value is -1.96. The highest BCUT2D eigenvalue weighted by Crippen LogP contribution is 2.37. The maximum Gasteiger partial charge on any atom is 0.418 e. The average Bonchev–Trinajstić information content (AvgIpc) is 2.43. The first-order valence-corrected chi connectivity index (χ1v) is 6.76. The molecule has 0 saturated heterocycles. The molecule has 0 unspecified atom stereocenters. The minimum atomic E-state index is -4.58. The van der Waals surface area contributed by atoms with Gasteiger partial charge in [-0.3, -0.25) is 0 Å². The van der Waals surface area contributed by atoms with Gasteiger partial charge in [0.2, 0.25) is 0 Å². The van der Waals surface area contributed by atoms with Crippen LogP contribution in [0.5, 0.6) is 0 Å². The number of rotatable bonds is 5. The molecule has 0 aliphatic carbocycles. The van der Waals surface area contributed by atoms with Crippen molar-refractivity contribution in [1.29, 1.82) is 0 Å². The smallest absolute Gasteiger partial charge is 0.395 e. The molecule has 0 aromatic heterocycles. The van der Waals surface area contributed by atoms with Crippen molar-refractivity contribution >= 4 is 17.4 Å². The fraction of sp³-hybridized carbons (Fsp3) is 0.500. The molecule has 1 aromatic carbocycles. The van der Waals surface area contributed by atoms with E-state index in [1.807, 2.05) is 0 Å². The third-order valence-corrected chi connectivity index (χ3v) is 3.11. The van der Waals surface area contributed by atoms with Gasteiger partial charge in [-0.05, 0) is 25.1 Å². The molecule has 0 aliphatic heterocycles. The van der Waals surface area contributed by atoms with Crippen LogP contribution in [0.2, 0.25) is 0 Å². The molecule has 2 amide bonds. The maximum absolute atomic E-state index is 13.1. The monoisotopic (exact) mass is 319 g/mol. The van der Waals surface area contributed by atoms with Crippen LogP contribution in [0.1, 0.15) is 12.5 Å². The number of nitrogens with zero attached hydrogens (tertiary/aromatic N) is 2. The molecule has 124 valence electrons. The van der Waals surface area contributed by atoms with Crippen LogP contribution in [-0.4, -0.2) is 49.8 Å². The number of likely N-dealkylation sites (N-methyl/N-ethyl adjacent to an activating group) is 1. The van der Waals surface area contributed by atoms with Crippen LogP contribution in [0.4, 0.5) is 29.3 Å². The molecule has 8 heteroatoms. The van der Waals surface area contributed by atoms with Crippen LogP contribution in [-0.2, 0) is 6.18 Å². The number of alkyl halides is 3. The molecule has 0 radical (unpaired) electrons. The largest absolute Gasteiger partial charge is 0.418 e. The van der Waals surface area contributed by atoms with Crippen molar-refractivity contribution in [3.05, 3.63) is 23.8 Å². The van der Waals surface area contributed by atoms with E-state index < -0.39 is 17.8 Å². The van der Waals surface area contributed by atoms with Gasteiger partial charge in [-0.2, -0.15) is 13.2 Å². The van der Waals surface area contributed by atoms with E-state index in [0.29, 0.717) is 5.69 Å². The molecule has 22 heavy (non-hydrogen) atoms. The molecule has 0 fully saturated rings. The van der Waals surface area contributed by atoms with E-state index in [1.54, 1.807) is 25.9 Å². The minimum absolute atomic E-state index is 0.0550. The normalized spacial score (nSPS) is 11.2. The van der Waals surface area contributed by atoms with Crippen molar-refractivity contribution < 1.29 is 23.1 Å². The van der Waals surface area contributed by atoms with Gasteiger partial charge in [0, 0.05) is 32.9 Å². The van der Waals surface area contributed by atoms with Gasteiger partial charge in [0.1, 0.15) is 0 Å². The van der Waals surface area contributed by atoms with Crippen LogP contribution in [0, 0.1) is 0 Å². The Bertz CT molecular complexity index is 519. The zero-order valence-electron chi connectivity index (χ0n) is 12.7. The highest BCUT2D eigenvalue weighted by Gasteiger charge is 2.34. The number of hydrogen-bond donors (Lipinski definition) is 2. The van der Waals surface area contributed by atoms with Gasteiger partial charge < -0.3 is 20.2 Å². The summed E-state index contributed by atoms with van der Waals surface area (Å²) in [6, 6.07) is 3.02. The van der Waals surface area contributed by atoms with Crippen molar-refractivity contribution in [3.8, 4) is 0 Å². The Balaban J connectivity index is 3.11. The summed E-state index contributed by atoms with van der Waals surface area (Å²) in [6.45, 7) is 1.75. The third-order valence-electron chi connectivity index (χ3n) is 3.11. The van der Waals surface area contributed by atoms with Gasteiger partial charge in [0.25, 0.3) is 0 Å². The second kappa shape index (κ2) is 7.35. The molecule has 1 rings (SSSR count). The van der Waals surface area contributed by atoms with Crippen LogP contribution >= 0.6 is 0 Å². The van der Waals surface area contributed by atoms with E-state index in [9.17, 15) is 18.0 Å². The van der Waals surface area contributed by atoms with Gasteiger partial charge in [-0.25, -0.2) is 4.79 Å². The van der Waals surface area contributed by atoms with Crippen molar-refractivity contribution in [1.82, 2.24) is 4.90 Å². The number of nitrogens with one attached hydrogen (secondary N) is 1.